The molecule has 0 radical (unpaired) electrons. The molecule has 1 aliphatic heterocycles. The SMILES string of the molecule is COCCC1(N)NC=CC=C1N. The summed E-state index contributed by atoms with van der Waals surface area (Å²) in [5, 5.41) is 3.00. The third-order valence-electron chi connectivity index (χ3n) is 1.93. The molecule has 0 fully saturated rings. The topological polar surface area (TPSA) is 73.3 Å². The molecule has 0 aromatic rings. The van der Waals surface area contributed by atoms with Gasteiger partial charge in [0, 0.05) is 19.2 Å². The van der Waals surface area contributed by atoms with Gasteiger partial charge in [0.2, 0.25) is 0 Å². The highest BCUT2D eigenvalue weighted by Gasteiger charge is 2.27. The van der Waals surface area contributed by atoms with Gasteiger partial charge in [-0.15, -0.1) is 0 Å². The Morgan fingerprint density at radius 3 is 3.00 bits per heavy atom. The molecule has 4 heteroatoms. The quantitative estimate of drug-likeness (QED) is 0.539. The van der Waals surface area contributed by atoms with Gasteiger partial charge in [0.1, 0.15) is 5.66 Å². The van der Waals surface area contributed by atoms with Crippen LogP contribution in [0.5, 0.6) is 0 Å². The minimum absolute atomic E-state index is 0.589. The first-order valence-electron chi connectivity index (χ1n) is 3.87. The van der Waals surface area contributed by atoms with Crippen LogP contribution in [-0.4, -0.2) is 19.4 Å². The molecule has 5 N–H and O–H groups in total. The molecule has 4 nitrogen and oxygen atoms in total. The van der Waals surface area contributed by atoms with Crippen molar-refractivity contribution in [1.29, 1.82) is 0 Å². The molecule has 0 aromatic heterocycles. The average Bonchev–Trinajstić information content (AvgIpc) is 2.07. The lowest BCUT2D eigenvalue weighted by molar-refractivity contribution is 0.169. The maximum atomic E-state index is 5.95. The molecule has 0 saturated carbocycles. The number of hydrogen-bond donors (Lipinski definition) is 3. The van der Waals surface area contributed by atoms with Crippen LogP contribution >= 0.6 is 0 Å². The van der Waals surface area contributed by atoms with Gasteiger partial charge in [0.15, 0.2) is 0 Å². The Bertz CT molecular complexity index is 212. The second-order valence-electron chi connectivity index (χ2n) is 2.84. The van der Waals surface area contributed by atoms with Gasteiger partial charge in [0.25, 0.3) is 0 Å². The van der Waals surface area contributed by atoms with E-state index in [2.05, 4.69) is 5.32 Å². The first-order valence-corrected chi connectivity index (χ1v) is 3.87. The fourth-order valence-corrected chi connectivity index (χ4v) is 1.06. The van der Waals surface area contributed by atoms with E-state index in [0.29, 0.717) is 18.7 Å². The van der Waals surface area contributed by atoms with Gasteiger partial charge in [-0.1, -0.05) is 0 Å². The van der Waals surface area contributed by atoms with Crippen LogP contribution in [0.15, 0.2) is 24.0 Å². The lowest BCUT2D eigenvalue weighted by Gasteiger charge is -2.32. The first-order chi connectivity index (χ1) is 5.69. The highest BCUT2D eigenvalue weighted by molar-refractivity contribution is 5.25. The molecule has 0 aromatic carbocycles. The summed E-state index contributed by atoms with van der Waals surface area (Å²) in [5.41, 5.74) is 11.7. The molecule has 1 unspecified atom stereocenters. The zero-order chi connectivity index (χ0) is 9.03. The summed E-state index contributed by atoms with van der Waals surface area (Å²) in [7, 11) is 1.64. The fourth-order valence-electron chi connectivity index (χ4n) is 1.06. The molecule has 0 amide bonds. The van der Waals surface area contributed by atoms with Crippen molar-refractivity contribution in [3.8, 4) is 0 Å². The Labute approximate surface area is 72.3 Å². The average molecular weight is 169 g/mol. The third kappa shape index (κ3) is 1.78. The van der Waals surface area contributed by atoms with Crippen LogP contribution in [-0.2, 0) is 4.74 Å². The van der Waals surface area contributed by atoms with Crippen LogP contribution in [0.3, 0.4) is 0 Å². The minimum Gasteiger partial charge on any atom is -0.399 e. The van der Waals surface area contributed by atoms with E-state index >= 15 is 0 Å². The predicted octanol–water partition coefficient (Wildman–Crippen LogP) is -0.363. The molecule has 12 heavy (non-hydrogen) atoms. The van der Waals surface area contributed by atoms with Crippen molar-refractivity contribution < 1.29 is 4.74 Å². The van der Waals surface area contributed by atoms with E-state index in [1.165, 1.54) is 0 Å². The summed E-state index contributed by atoms with van der Waals surface area (Å²) in [4.78, 5) is 0. The normalized spacial score (nSPS) is 28.0. The Morgan fingerprint density at radius 1 is 1.67 bits per heavy atom. The molecular formula is C8H15N3O. The Morgan fingerprint density at radius 2 is 2.42 bits per heavy atom. The van der Waals surface area contributed by atoms with Gasteiger partial charge in [-0.25, -0.2) is 0 Å². The van der Waals surface area contributed by atoms with Crippen LogP contribution < -0.4 is 16.8 Å². The second-order valence-corrected chi connectivity index (χ2v) is 2.84. The number of hydrogen-bond acceptors (Lipinski definition) is 4. The molecule has 1 rings (SSSR count). The maximum Gasteiger partial charge on any atom is 0.128 e. The number of rotatable bonds is 3. The van der Waals surface area contributed by atoms with E-state index < -0.39 is 5.66 Å². The molecular weight excluding hydrogens is 154 g/mol. The third-order valence-corrected chi connectivity index (χ3v) is 1.93. The number of allylic oxidation sites excluding steroid dienone is 2. The molecule has 1 atom stereocenters. The maximum absolute atomic E-state index is 5.95. The van der Waals surface area contributed by atoms with E-state index in [9.17, 15) is 0 Å². The molecule has 0 saturated heterocycles. The standard InChI is InChI=1S/C8H15N3O/c1-12-6-4-8(10)7(9)3-2-5-11-8/h2-3,5,11H,4,6,9-10H2,1H3. The van der Waals surface area contributed by atoms with E-state index in [-0.39, 0.29) is 0 Å². The Balaban J connectivity index is 2.58. The molecule has 1 heterocycles. The summed E-state index contributed by atoms with van der Waals surface area (Å²) in [6.07, 6.45) is 6.07. The van der Waals surface area contributed by atoms with Crippen molar-refractivity contribution in [3.63, 3.8) is 0 Å². The number of methoxy groups -OCH3 is 1. The van der Waals surface area contributed by atoms with Crippen molar-refractivity contribution in [1.82, 2.24) is 5.32 Å². The number of nitrogens with two attached hydrogens (primary N) is 2. The molecule has 0 spiro atoms. The summed E-state index contributed by atoms with van der Waals surface area (Å²) >= 11 is 0. The highest BCUT2D eigenvalue weighted by atomic mass is 16.5. The monoisotopic (exact) mass is 169 g/mol. The van der Waals surface area contributed by atoms with E-state index in [4.69, 9.17) is 16.2 Å². The zero-order valence-corrected chi connectivity index (χ0v) is 7.21. The Kier molecular flexibility index (Phi) is 2.73. The van der Waals surface area contributed by atoms with E-state index in [1.807, 2.05) is 6.08 Å². The van der Waals surface area contributed by atoms with Crippen LogP contribution in [0.2, 0.25) is 0 Å². The van der Waals surface area contributed by atoms with Gasteiger partial charge in [0.05, 0.1) is 6.61 Å². The van der Waals surface area contributed by atoms with Crippen LogP contribution in [0.1, 0.15) is 6.42 Å². The molecule has 1 aliphatic rings. The van der Waals surface area contributed by atoms with Crippen molar-refractivity contribution in [3.05, 3.63) is 24.0 Å². The van der Waals surface area contributed by atoms with Crippen molar-refractivity contribution in [2.45, 2.75) is 12.1 Å². The van der Waals surface area contributed by atoms with Gasteiger partial charge in [-0.2, -0.15) is 0 Å². The fraction of sp³-hybridized carbons (Fsp3) is 0.500. The van der Waals surface area contributed by atoms with Gasteiger partial charge >= 0.3 is 0 Å². The lowest BCUT2D eigenvalue weighted by Crippen LogP contribution is -2.56. The van der Waals surface area contributed by atoms with Crippen LogP contribution in [0.25, 0.3) is 0 Å². The molecule has 68 valence electrons. The minimum atomic E-state index is -0.634. The number of nitrogens with one attached hydrogen (secondary N) is 1. The summed E-state index contributed by atoms with van der Waals surface area (Å²) in [5.74, 6) is 0. The highest BCUT2D eigenvalue weighted by Crippen LogP contribution is 2.13. The van der Waals surface area contributed by atoms with Crippen LogP contribution in [0, 0.1) is 0 Å². The zero-order valence-electron chi connectivity index (χ0n) is 7.21. The summed E-state index contributed by atoms with van der Waals surface area (Å²) < 4.78 is 4.93. The largest absolute Gasteiger partial charge is 0.399 e. The summed E-state index contributed by atoms with van der Waals surface area (Å²) in [6.45, 7) is 0.589. The number of dihydropyridines is 1. The van der Waals surface area contributed by atoms with E-state index in [0.717, 1.165) is 0 Å². The lowest BCUT2D eigenvalue weighted by atomic mass is 10.0. The van der Waals surface area contributed by atoms with Crippen molar-refractivity contribution in [2.24, 2.45) is 11.5 Å². The Hall–Kier alpha value is -1.00. The van der Waals surface area contributed by atoms with Crippen molar-refractivity contribution >= 4 is 0 Å². The molecule has 0 aliphatic carbocycles. The van der Waals surface area contributed by atoms with Gasteiger partial charge in [-0.3, -0.25) is 0 Å². The first kappa shape index (κ1) is 9.09. The van der Waals surface area contributed by atoms with Crippen LogP contribution in [0.4, 0.5) is 0 Å². The predicted molar refractivity (Wildman–Crippen MR) is 48.0 cm³/mol. The van der Waals surface area contributed by atoms with Gasteiger partial charge < -0.3 is 21.5 Å². The summed E-state index contributed by atoms with van der Waals surface area (Å²) in [6, 6.07) is 0. The number of ether oxygens (including phenoxy) is 1. The van der Waals surface area contributed by atoms with Gasteiger partial charge in [-0.05, 0) is 18.4 Å². The molecule has 0 bridgehead atoms. The van der Waals surface area contributed by atoms with Crippen molar-refractivity contribution in [2.75, 3.05) is 13.7 Å². The second kappa shape index (κ2) is 3.60. The van der Waals surface area contributed by atoms with E-state index in [1.54, 1.807) is 19.4 Å². The smallest absolute Gasteiger partial charge is 0.128 e.